The molecule has 0 saturated heterocycles. The molecular weight excluding hydrogens is 350 g/mol. The first-order valence-corrected chi connectivity index (χ1v) is 9.09. The predicted molar refractivity (Wildman–Crippen MR) is 99.8 cm³/mol. The Labute approximate surface area is 154 Å². The number of benzene rings is 1. The minimum Gasteiger partial charge on any atom is -0.376 e. The number of carbonyl (C=O) groups excluding carboxylic acids is 1. The number of carbonyl (C=O) groups is 1. The second-order valence-corrected chi connectivity index (χ2v) is 7.00. The van der Waals surface area contributed by atoms with Gasteiger partial charge in [0.05, 0.1) is 18.8 Å². The topological polar surface area (TPSA) is 77.2 Å². The summed E-state index contributed by atoms with van der Waals surface area (Å²) >= 11 is 1.50. The van der Waals surface area contributed by atoms with Gasteiger partial charge < -0.3 is 14.6 Å². The zero-order valence-electron chi connectivity index (χ0n) is 14.2. The molecule has 4 rings (SSSR count). The minimum absolute atomic E-state index is 0.203. The SMILES string of the molecule is Cc1noc(-c2c(NC(=O)C=Cc3ccccc3)sc3c2CCOC3)n1. The van der Waals surface area contributed by atoms with Gasteiger partial charge in [-0.05, 0) is 30.5 Å². The molecule has 132 valence electrons. The molecule has 0 saturated carbocycles. The van der Waals surface area contributed by atoms with Crippen molar-refractivity contribution in [2.75, 3.05) is 11.9 Å². The maximum absolute atomic E-state index is 12.4. The maximum Gasteiger partial charge on any atom is 0.261 e. The Balaban J connectivity index is 1.62. The molecule has 0 spiro atoms. The van der Waals surface area contributed by atoms with Gasteiger partial charge in [-0.3, -0.25) is 4.79 Å². The molecule has 1 N–H and O–H groups in total. The lowest BCUT2D eigenvalue weighted by molar-refractivity contribution is -0.111. The van der Waals surface area contributed by atoms with Crippen molar-refractivity contribution in [2.24, 2.45) is 0 Å². The monoisotopic (exact) mass is 367 g/mol. The molecule has 3 heterocycles. The molecule has 1 amide bonds. The van der Waals surface area contributed by atoms with Crippen molar-refractivity contribution in [3.05, 3.63) is 58.2 Å². The van der Waals surface area contributed by atoms with E-state index in [1.165, 1.54) is 17.4 Å². The van der Waals surface area contributed by atoms with Crippen molar-refractivity contribution in [3.8, 4) is 11.5 Å². The van der Waals surface area contributed by atoms with Crippen LogP contribution in [0.2, 0.25) is 0 Å². The minimum atomic E-state index is -0.203. The van der Waals surface area contributed by atoms with Gasteiger partial charge in [0.1, 0.15) is 5.00 Å². The summed E-state index contributed by atoms with van der Waals surface area (Å²) in [6.07, 6.45) is 4.06. The molecule has 7 heteroatoms. The van der Waals surface area contributed by atoms with E-state index in [4.69, 9.17) is 9.26 Å². The maximum atomic E-state index is 12.4. The molecule has 6 nitrogen and oxygen atoms in total. The van der Waals surface area contributed by atoms with Crippen LogP contribution >= 0.6 is 11.3 Å². The molecule has 0 aliphatic carbocycles. The Morgan fingerprint density at radius 1 is 1.31 bits per heavy atom. The molecule has 0 radical (unpaired) electrons. The van der Waals surface area contributed by atoms with E-state index in [0.717, 1.165) is 28.0 Å². The van der Waals surface area contributed by atoms with Crippen molar-refractivity contribution in [1.82, 2.24) is 10.1 Å². The van der Waals surface area contributed by atoms with Crippen molar-refractivity contribution < 1.29 is 14.1 Å². The van der Waals surface area contributed by atoms with Crippen molar-refractivity contribution in [1.29, 1.82) is 0 Å². The molecule has 1 aliphatic rings. The Kier molecular flexibility index (Phi) is 4.64. The number of nitrogens with one attached hydrogen (secondary N) is 1. The second-order valence-electron chi connectivity index (χ2n) is 5.89. The molecule has 0 atom stereocenters. The van der Waals surface area contributed by atoms with Gasteiger partial charge in [-0.2, -0.15) is 4.98 Å². The van der Waals surface area contributed by atoms with Gasteiger partial charge in [0.15, 0.2) is 5.82 Å². The van der Waals surface area contributed by atoms with Crippen LogP contribution in [0.1, 0.15) is 21.8 Å². The molecule has 2 aromatic heterocycles. The number of hydrogen-bond acceptors (Lipinski definition) is 6. The van der Waals surface area contributed by atoms with Crippen LogP contribution in [0.3, 0.4) is 0 Å². The third kappa shape index (κ3) is 3.44. The van der Waals surface area contributed by atoms with Gasteiger partial charge in [0, 0.05) is 11.0 Å². The number of anilines is 1. The number of fused-ring (bicyclic) bond motifs is 1. The van der Waals surface area contributed by atoms with Crippen LogP contribution in [0.25, 0.3) is 17.5 Å². The number of aromatic nitrogens is 2. The van der Waals surface area contributed by atoms with Crippen molar-refractivity contribution in [2.45, 2.75) is 20.0 Å². The van der Waals surface area contributed by atoms with Gasteiger partial charge in [0.2, 0.25) is 5.91 Å². The van der Waals surface area contributed by atoms with Crippen molar-refractivity contribution >= 4 is 28.3 Å². The van der Waals surface area contributed by atoms with Crippen LogP contribution in [0.5, 0.6) is 0 Å². The average Bonchev–Trinajstić information content (AvgIpc) is 3.23. The number of ether oxygens (including phenoxy) is 1. The number of hydrogen-bond donors (Lipinski definition) is 1. The van der Waals surface area contributed by atoms with Crippen LogP contribution in [-0.2, 0) is 22.6 Å². The summed E-state index contributed by atoms with van der Waals surface area (Å²) in [5.74, 6) is 0.795. The number of amides is 1. The summed E-state index contributed by atoms with van der Waals surface area (Å²) in [7, 11) is 0. The molecule has 3 aromatic rings. The van der Waals surface area contributed by atoms with E-state index >= 15 is 0 Å². The fourth-order valence-corrected chi connectivity index (χ4v) is 4.02. The second kappa shape index (κ2) is 7.23. The molecule has 0 fully saturated rings. The Bertz CT molecular complexity index is 960. The number of thiophene rings is 1. The van der Waals surface area contributed by atoms with E-state index in [1.807, 2.05) is 30.3 Å². The van der Waals surface area contributed by atoms with E-state index < -0.39 is 0 Å². The molecule has 26 heavy (non-hydrogen) atoms. The zero-order valence-corrected chi connectivity index (χ0v) is 15.0. The Morgan fingerprint density at radius 3 is 2.92 bits per heavy atom. The van der Waals surface area contributed by atoms with Crippen molar-refractivity contribution in [3.63, 3.8) is 0 Å². The Morgan fingerprint density at radius 2 is 2.15 bits per heavy atom. The Hall–Kier alpha value is -2.77. The summed E-state index contributed by atoms with van der Waals surface area (Å²) in [5.41, 5.74) is 2.90. The largest absolute Gasteiger partial charge is 0.376 e. The summed E-state index contributed by atoms with van der Waals surface area (Å²) in [6.45, 7) is 2.96. The first kappa shape index (κ1) is 16.7. The summed E-state index contributed by atoms with van der Waals surface area (Å²) in [4.78, 5) is 17.8. The standard InChI is InChI=1S/C19H17N3O3S/c1-12-20-18(25-22-12)17-14-9-10-24-11-15(14)26-19(17)21-16(23)8-7-13-5-3-2-4-6-13/h2-8H,9-11H2,1H3,(H,21,23). The third-order valence-corrected chi connectivity index (χ3v) is 5.15. The third-order valence-electron chi connectivity index (χ3n) is 4.03. The number of rotatable bonds is 4. The first-order chi connectivity index (χ1) is 12.7. The molecule has 1 aliphatic heterocycles. The quantitative estimate of drug-likeness (QED) is 0.709. The normalized spacial score (nSPS) is 13.7. The van der Waals surface area contributed by atoms with E-state index in [9.17, 15) is 4.79 Å². The summed E-state index contributed by atoms with van der Waals surface area (Å²) in [5, 5.41) is 7.55. The van der Waals surface area contributed by atoms with E-state index in [0.29, 0.717) is 29.9 Å². The highest BCUT2D eigenvalue weighted by atomic mass is 32.1. The fourth-order valence-electron chi connectivity index (χ4n) is 2.83. The zero-order chi connectivity index (χ0) is 17.9. The van der Waals surface area contributed by atoms with Crippen LogP contribution in [0, 0.1) is 6.92 Å². The van der Waals surface area contributed by atoms with Gasteiger partial charge in [-0.1, -0.05) is 35.5 Å². The summed E-state index contributed by atoms with van der Waals surface area (Å²) < 4.78 is 10.9. The van der Waals surface area contributed by atoms with Gasteiger partial charge >= 0.3 is 0 Å². The molecule has 0 unspecified atom stereocenters. The van der Waals surface area contributed by atoms with Crippen LogP contribution in [0.15, 0.2) is 40.9 Å². The predicted octanol–water partition coefficient (Wildman–Crippen LogP) is 3.83. The van der Waals surface area contributed by atoms with Gasteiger partial charge in [-0.15, -0.1) is 11.3 Å². The van der Waals surface area contributed by atoms with Gasteiger partial charge in [-0.25, -0.2) is 0 Å². The summed E-state index contributed by atoms with van der Waals surface area (Å²) in [6, 6.07) is 9.69. The van der Waals surface area contributed by atoms with E-state index in [1.54, 1.807) is 13.0 Å². The number of nitrogens with zero attached hydrogens (tertiary/aromatic N) is 2. The lowest BCUT2D eigenvalue weighted by Gasteiger charge is -2.12. The highest BCUT2D eigenvalue weighted by molar-refractivity contribution is 7.17. The lowest BCUT2D eigenvalue weighted by atomic mass is 10.1. The van der Waals surface area contributed by atoms with E-state index in [-0.39, 0.29) is 5.91 Å². The number of aryl methyl sites for hydroxylation is 1. The molecule has 0 bridgehead atoms. The highest BCUT2D eigenvalue weighted by Gasteiger charge is 2.26. The highest BCUT2D eigenvalue weighted by Crippen LogP contribution is 2.42. The first-order valence-electron chi connectivity index (χ1n) is 8.28. The molecular formula is C19H17N3O3S. The van der Waals surface area contributed by atoms with Crippen LogP contribution in [0.4, 0.5) is 5.00 Å². The smallest absolute Gasteiger partial charge is 0.261 e. The van der Waals surface area contributed by atoms with Crippen LogP contribution in [-0.4, -0.2) is 22.7 Å². The fraction of sp³-hybridized carbons (Fsp3) is 0.211. The average molecular weight is 367 g/mol. The lowest BCUT2D eigenvalue weighted by Crippen LogP contribution is -2.09. The van der Waals surface area contributed by atoms with Gasteiger partial charge in [0.25, 0.3) is 5.89 Å². The molecule has 1 aromatic carbocycles. The van der Waals surface area contributed by atoms with E-state index in [2.05, 4.69) is 15.5 Å². The van der Waals surface area contributed by atoms with Crippen LogP contribution < -0.4 is 5.32 Å².